The number of para-hydroxylation sites is 1. The van der Waals surface area contributed by atoms with E-state index in [1.807, 2.05) is 24.3 Å². The van der Waals surface area contributed by atoms with Gasteiger partial charge in [0.25, 0.3) is 0 Å². The van der Waals surface area contributed by atoms with Gasteiger partial charge in [0.15, 0.2) is 0 Å². The van der Waals surface area contributed by atoms with Crippen molar-refractivity contribution >= 4 is 37.5 Å². The molecule has 1 nitrogen and oxygen atoms in total. The molecule has 100 valence electrons. The van der Waals surface area contributed by atoms with Crippen LogP contribution in [-0.4, -0.2) is 0 Å². The second kappa shape index (κ2) is 6.53. The van der Waals surface area contributed by atoms with Crippen molar-refractivity contribution < 1.29 is 4.39 Å². The quantitative estimate of drug-likeness (QED) is 0.688. The summed E-state index contributed by atoms with van der Waals surface area (Å²) in [6.45, 7) is 2.08. The van der Waals surface area contributed by atoms with Gasteiger partial charge in [-0.15, -0.1) is 0 Å². The first-order chi connectivity index (χ1) is 9.11. The minimum Gasteiger partial charge on any atom is -0.376 e. The van der Waals surface area contributed by atoms with Gasteiger partial charge in [-0.2, -0.15) is 0 Å². The summed E-state index contributed by atoms with van der Waals surface area (Å²) in [5.74, 6) is -0.205. The number of hydrogen-bond donors (Lipinski definition) is 1. The van der Waals surface area contributed by atoms with Crippen LogP contribution in [0.25, 0.3) is 0 Å². The van der Waals surface area contributed by atoms with Gasteiger partial charge in [-0.05, 0) is 68.1 Å². The number of anilines is 1. The summed E-state index contributed by atoms with van der Waals surface area (Å²) in [7, 11) is 0. The lowest BCUT2D eigenvalue weighted by Gasteiger charge is -2.20. The van der Waals surface area contributed by atoms with Crippen molar-refractivity contribution in [2.24, 2.45) is 0 Å². The lowest BCUT2D eigenvalue weighted by Crippen LogP contribution is -2.10. The number of hydrogen-bond acceptors (Lipinski definition) is 1. The summed E-state index contributed by atoms with van der Waals surface area (Å²) in [6.07, 6.45) is 0.872. The summed E-state index contributed by atoms with van der Waals surface area (Å²) >= 11 is 7.05. The second-order valence-electron chi connectivity index (χ2n) is 4.26. The van der Waals surface area contributed by atoms with Gasteiger partial charge in [-0.25, -0.2) is 4.39 Å². The van der Waals surface area contributed by atoms with Crippen LogP contribution >= 0.6 is 31.9 Å². The fourth-order valence-corrected chi connectivity index (χ4v) is 3.18. The third kappa shape index (κ3) is 3.57. The van der Waals surface area contributed by atoms with E-state index in [0.717, 1.165) is 26.6 Å². The molecule has 0 bridgehead atoms. The Bertz CT molecular complexity index is 552. The highest BCUT2D eigenvalue weighted by Gasteiger charge is 2.13. The lowest BCUT2D eigenvalue weighted by atomic mass is 10.0. The number of rotatable bonds is 4. The molecule has 1 atom stereocenters. The van der Waals surface area contributed by atoms with E-state index in [9.17, 15) is 4.39 Å². The molecule has 2 aromatic carbocycles. The van der Waals surface area contributed by atoms with Crippen molar-refractivity contribution in [1.82, 2.24) is 0 Å². The molecule has 1 unspecified atom stereocenters. The van der Waals surface area contributed by atoms with Crippen LogP contribution in [0.4, 0.5) is 10.1 Å². The molecule has 0 fully saturated rings. The van der Waals surface area contributed by atoms with Crippen LogP contribution in [0.5, 0.6) is 0 Å². The van der Waals surface area contributed by atoms with E-state index in [1.165, 1.54) is 6.07 Å². The number of benzene rings is 2. The Kier molecular flexibility index (Phi) is 4.99. The molecule has 0 aliphatic rings. The zero-order valence-corrected chi connectivity index (χ0v) is 13.6. The smallest absolute Gasteiger partial charge is 0.123 e. The highest BCUT2D eigenvalue weighted by atomic mass is 79.9. The molecule has 0 heterocycles. The monoisotopic (exact) mass is 385 g/mol. The summed E-state index contributed by atoms with van der Waals surface area (Å²) in [5, 5.41) is 3.45. The fraction of sp³-hybridized carbons (Fsp3) is 0.200. The lowest BCUT2D eigenvalue weighted by molar-refractivity contribution is 0.620. The number of halogens is 3. The fourth-order valence-electron chi connectivity index (χ4n) is 1.95. The minimum absolute atomic E-state index is 0.0747. The van der Waals surface area contributed by atoms with E-state index < -0.39 is 0 Å². The van der Waals surface area contributed by atoms with Crippen LogP contribution in [0, 0.1) is 5.82 Å². The maximum absolute atomic E-state index is 13.3. The highest BCUT2D eigenvalue weighted by molar-refractivity contribution is 9.11. The zero-order valence-electron chi connectivity index (χ0n) is 10.5. The van der Waals surface area contributed by atoms with Gasteiger partial charge in [-0.3, -0.25) is 0 Å². The van der Waals surface area contributed by atoms with Gasteiger partial charge in [-0.1, -0.05) is 25.1 Å². The standard InChI is InChI=1S/C15H14Br2FN/c1-2-14(10-5-3-6-11(18)9-10)19-15-12(16)7-4-8-13(15)17/h3-9,14,19H,2H2,1H3. The van der Waals surface area contributed by atoms with Gasteiger partial charge in [0.1, 0.15) is 5.82 Å². The van der Waals surface area contributed by atoms with Crippen molar-refractivity contribution in [3.63, 3.8) is 0 Å². The van der Waals surface area contributed by atoms with Gasteiger partial charge in [0.2, 0.25) is 0 Å². The molecule has 0 saturated carbocycles. The van der Waals surface area contributed by atoms with E-state index in [0.29, 0.717) is 0 Å². The van der Waals surface area contributed by atoms with Crippen molar-refractivity contribution in [1.29, 1.82) is 0 Å². The first-order valence-corrected chi connectivity index (χ1v) is 7.66. The Morgan fingerprint density at radius 1 is 1.11 bits per heavy atom. The molecule has 0 aromatic heterocycles. The highest BCUT2D eigenvalue weighted by Crippen LogP contribution is 2.34. The predicted molar refractivity (Wildman–Crippen MR) is 84.9 cm³/mol. The molecule has 2 rings (SSSR count). The molecule has 19 heavy (non-hydrogen) atoms. The average Bonchev–Trinajstić information content (AvgIpc) is 2.38. The molecule has 0 spiro atoms. The Balaban J connectivity index is 2.29. The molecule has 1 N–H and O–H groups in total. The normalized spacial score (nSPS) is 12.2. The van der Waals surface area contributed by atoms with Crippen LogP contribution in [0.2, 0.25) is 0 Å². The predicted octanol–water partition coefficient (Wildman–Crippen LogP) is 5.91. The summed E-state index contributed by atoms with van der Waals surface area (Å²) in [5.41, 5.74) is 1.93. The van der Waals surface area contributed by atoms with Crippen LogP contribution < -0.4 is 5.32 Å². The molecule has 0 radical (unpaired) electrons. The summed E-state index contributed by atoms with van der Waals surface area (Å²) in [4.78, 5) is 0. The van der Waals surface area contributed by atoms with Crippen LogP contribution in [0.1, 0.15) is 24.9 Å². The van der Waals surface area contributed by atoms with E-state index in [2.05, 4.69) is 44.1 Å². The van der Waals surface area contributed by atoms with Crippen LogP contribution in [0.3, 0.4) is 0 Å². The molecular formula is C15H14Br2FN. The van der Waals surface area contributed by atoms with Crippen molar-refractivity contribution in [2.45, 2.75) is 19.4 Å². The van der Waals surface area contributed by atoms with E-state index in [-0.39, 0.29) is 11.9 Å². The maximum atomic E-state index is 13.3. The van der Waals surface area contributed by atoms with E-state index in [4.69, 9.17) is 0 Å². The Morgan fingerprint density at radius 2 is 1.74 bits per heavy atom. The van der Waals surface area contributed by atoms with Crippen molar-refractivity contribution in [3.05, 3.63) is 62.8 Å². The molecule has 0 saturated heterocycles. The van der Waals surface area contributed by atoms with E-state index in [1.54, 1.807) is 12.1 Å². The Hall–Kier alpha value is -0.870. The Labute approximate surface area is 129 Å². The number of nitrogens with one attached hydrogen (secondary N) is 1. The van der Waals surface area contributed by atoms with Gasteiger partial charge < -0.3 is 5.32 Å². The third-order valence-electron chi connectivity index (χ3n) is 2.94. The molecule has 4 heteroatoms. The molecule has 0 aliphatic carbocycles. The van der Waals surface area contributed by atoms with E-state index >= 15 is 0 Å². The summed E-state index contributed by atoms with van der Waals surface area (Å²) in [6, 6.07) is 12.7. The summed E-state index contributed by atoms with van der Waals surface area (Å²) < 4.78 is 15.3. The SMILES string of the molecule is CCC(Nc1c(Br)cccc1Br)c1cccc(F)c1. The van der Waals surface area contributed by atoms with Crippen molar-refractivity contribution in [2.75, 3.05) is 5.32 Å². The molecule has 2 aromatic rings. The van der Waals surface area contributed by atoms with Crippen LogP contribution in [0.15, 0.2) is 51.4 Å². The van der Waals surface area contributed by atoms with Gasteiger partial charge in [0, 0.05) is 8.95 Å². The van der Waals surface area contributed by atoms with Gasteiger partial charge >= 0.3 is 0 Å². The third-order valence-corrected chi connectivity index (χ3v) is 4.26. The average molecular weight is 387 g/mol. The largest absolute Gasteiger partial charge is 0.376 e. The maximum Gasteiger partial charge on any atom is 0.123 e. The minimum atomic E-state index is -0.205. The first-order valence-electron chi connectivity index (χ1n) is 6.08. The van der Waals surface area contributed by atoms with Crippen LogP contribution in [-0.2, 0) is 0 Å². The first kappa shape index (κ1) is 14.5. The molecule has 0 amide bonds. The zero-order chi connectivity index (χ0) is 13.8. The Morgan fingerprint density at radius 3 is 2.32 bits per heavy atom. The van der Waals surface area contributed by atoms with Gasteiger partial charge in [0.05, 0.1) is 11.7 Å². The van der Waals surface area contributed by atoms with Crippen molar-refractivity contribution in [3.8, 4) is 0 Å². The second-order valence-corrected chi connectivity index (χ2v) is 5.97. The molecule has 0 aliphatic heterocycles. The molecular weight excluding hydrogens is 373 g/mol. The topological polar surface area (TPSA) is 12.0 Å².